The van der Waals surface area contributed by atoms with Crippen LogP contribution in [0.25, 0.3) is 0 Å². The third-order valence-corrected chi connectivity index (χ3v) is 5.32. The van der Waals surface area contributed by atoms with Crippen molar-refractivity contribution in [3.05, 3.63) is 94.7 Å². The monoisotopic (exact) mass is 420 g/mol. The number of pyridine rings is 1. The third-order valence-electron chi connectivity index (χ3n) is 4.33. The molecule has 0 bridgehead atoms. The molecule has 0 aliphatic carbocycles. The van der Waals surface area contributed by atoms with Crippen molar-refractivity contribution >= 4 is 51.0 Å². The maximum Gasteiger partial charge on any atom is 0.255 e. The Bertz CT molecular complexity index is 1130. The van der Waals surface area contributed by atoms with Gasteiger partial charge in [0.25, 0.3) is 5.91 Å². The van der Waals surface area contributed by atoms with Crippen LogP contribution in [0, 0.1) is 6.92 Å². The molecule has 1 amide bonds. The predicted molar refractivity (Wildman–Crippen MR) is 119 cm³/mol. The molecule has 144 valence electrons. The van der Waals surface area contributed by atoms with E-state index < -0.39 is 0 Å². The second-order valence-electron chi connectivity index (χ2n) is 6.32. The topological polar surface area (TPSA) is 58.1 Å². The second kappa shape index (κ2) is 8.43. The first kappa shape index (κ1) is 19.1. The quantitative estimate of drug-likeness (QED) is 0.416. The van der Waals surface area contributed by atoms with Crippen molar-refractivity contribution in [2.75, 3.05) is 10.2 Å². The number of aryl methyl sites for hydroxylation is 1. The van der Waals surface area contributed by atoms with E-state index in [1.54, 1.807) is 42.9 Å². The van der Waals surface area contributed by atoms with Crippen molar-refractivity contribution in [2.24, 2.45) is 0 Å². The minimum Gasteiger partial charge on any atom is -0.322 e. The van der Waals surface area contributed by atoms with Gasteiger partial charge in [0.05, 0.1) is 11.4 Å². The lowest BCUT2D eigenvalue weighted by Gasteiger charge is -2.24. The highest BCUT2D eigenvalue weighted by atomic mass is 35.5. The number of benzene rings is 2. The van der Waals surface area contributed by atoms with E-state index in [4.69, 9.17) is 11.6 Å². The average Bonchev–Trinajstić information content (AvgIpc) is 3.25. The van der Waals surface area contributed by atoms with Crippen LogP contribution in [0.3, 0.4) is 0 Å². The maximum atomic E-state index is 12.8. The van der Waals surface area contributed by atoms with Crippen LogP contribution in [-0.4, -0.2) is 15.9 Å². The molecule has 0 atom stereocenters. The Balaban J connectivity index is 1.72. The lowest BCUT2D eigenvalue weighted by atomic mass is 10.1. The summed E-state index contributed by atoms with van der Waals surface area (Å²) >= 11 is 7.54. The molecule has 29 heavy (non-hydrogen) atoms. The Labute approximate surface area is 177 Å². The normalized spacial score (nSPS) is 10.6. The van der Waals surface area contributed by atoms with Crippen molar-refractivity contribution in [1.29, 1.82) is 0 Å². The lowest BCUT2D eigenvalue weighted by Crippen LogP contribution is -2.15. The summed E-state index contributed by atoms with van der Waals surface area (Å²) in [4.78, 5) is 23.4. The molecule has 2 aromatic carbocycles. The summed E-state index contributed by atoms with van der Waals surface area (Å²) in [6.07, 6.45) is 5.24. The zero-order chi connectivity index (χ0) is 20.2. The summed E-state index contributed by atoms with van der Waals surface area (Å²) in [6, 6.07) is 16.5. The Morgan fingerprint density at radius 2 is 1.90 bits per heavy atom. The number of carbonyl (C=O) groups excluding carboxylic acids is 1. The summed E-state index contributed by atoms with van der Waals surface area (Å²) in [5, 5.41) is 6.20. The van der Waals surface area contributed by atoms with Crippen LogP contribution in [-0.2, 0) is 0 Å². The summed E-state index contributed by atoms with van der Waals surface area (Å²) in [7, 11) is 0. The van der Waals surface area contributed by atoms with Crippen LogP contribution in [0.4, 0.5) is 22.2 Å². The first-order chi connectivity index (χ1) is 14.1. The van der Waals surface area contributed by atoms with Crippen LogP contribution in [0.2, 0.25) is 5.02 Å². The number of rotatable bonds is 5. The van der Waals surface area contributed by atoms with Gasteiger partial charge in [-0.15, -0.1) is 11.3 Å². The van der Waals surface area contributed by atoms with Gasteiger partial charge in [-0.3, -0.25) is 14.7 Å². The molecule has 0 spiro atoms. The van der Waals surface area contributed by atoms with Crippen molar-refractivity contribution in [2.45, 2.75) is 6.92 Å². The molecule has 0 fully saturated rings. The molecule has 0 aliphatic rings. The predicted octanol–water partition coefficient (Wildman–Crippen LogP) is 6.22. The highest BCUT2D eigenvalue weighted by molar-refractivity contribution is 7.13. The molecule has 1 N–H and O–H groups in total. The van der Waals surface area contributed by atoms with Gasteiger partial charge in [0, 0.05) is 40.2 Å². The molecule has 2 heterocycles. The highest BCUT2D eigenvalue weighted by Crippen LogP contribution is 2.37. The van der Waals surface area contributed by atoms with Gasteiger partial charge in [-0.25, -0.2) is 4.98 Å². The fourth-order valence-corrected chi connectivity index (χ4v) is 3.80. The maximum absolute atomic E-state index is 12.8. The first-order valence-electron chi connectivity index (χ1n) is 8.89. The van der Waals surface area contributed by atoms with Gasteiger partial charge in [0.2, 0.25) is 0 Å². The molecule has 2 aromatic heterocycles. The van der Waals surface area contributed by atoms with E-state index in [1.165, 1.54) is 11.3 Å². The minimum atomic E-state index is -0.206. The number of hydrogen-bond donors (Lipinski definition) is 1. The van der Waals surface area contributed by atoms with Crippen molar-refractivity contribution in [1.82, 2.24) is 9.97 Å². The number of halogens is 1. The van der Waals surface area contributed by atoms with Crippen molar-refractivity contribution in [3.63, 3.8) is 0 Å². The SMILES string of the molecule is Cc1ccc(C(=O)Nc2cccc(Cl)c2)cc1N(c1ccncc1)c1nccs1. The molecular formula is C22H17ClN4OS. The summed E-state index contributed by atoms with van der Waals surface area (Å²) in [6.45, 7) is 2.01. The minimum absolute atomic E-state index is 0.206. The molecule has 0 saturated heterocycles. The van der Waals surface area contributed by atoms with Crippen molar-refractivity contribution in [3.8, 4) is 0 Å². The van der Waals surface area contributed by atoms with E-state index in [1.807, 2.05) is 47.5 Å². The molecule has 4 rings (SSSR count). The zero-order valence-corrected chi connectivity index (χ0v) is 17.1. The molecule has 4 aromatic rings. The summed E-state index contributed by atoms with van der Waals surface area (Å²) in [5.74, 6) is -0.206. The van der Waals surface area contributed by atoms with Gasteiger partial charge in [-0.2, -0.15) is 0 Å². The Morgan fingerprint density at radius 3 is 2.62 bits per heavy atom. The number of nitrogens with zero attached hydrogens (tertiary/aromatic N) is 3. The fraction of sp³-hybridized carbons (Fsp3) is 0.0455. The lowest BCUT2D eigenvalue weighted by molar-refractivity contribution is 0.102. The van der Waals surface area contributed by atoms with Gasteiger partial charge in [-0.1, -0.05) is 23.7 Å². The number of nitrogens with one attached hydrogen (secondary N) is 1. The van der Waals surface area contributed by atoms with Gasteiger partial charge in [0.15, 0.2) is 5.13 Å². The summed E-state index contributed by atoms with van der Waals surface area (Å²) in [5.41, 5.74) is 4.02. The molecule has 5 nitrogen and oxygen atoms in total. The molecular weight excluding hydrogens is 404 g/mol. The zero-order valence-electron chi connectivity index (χ0n) is 15.5. The molecule has 0 aliphatic heterocycles. The van der Waals surface area contributed by atoms with E-state index in [9.17, 15) is 4.79 Å². The molecule has 0 radical (unpaired) electrons. The Kier molecular flexibility index (Phi) is 5.55. The number of hydrogen-bond acceptors (Lipinski definition) is 5. The van der Waals surface area contributed by atoms with Crippen LogP contribution in [0.1, 0.15) is 15.9 Å². The van der Waals surface area contributed by atoms with Gasteiger partial charge in [-0.05, 0) is 55.0 Å². The molecule has 0 saturated carbocycles. The smallest absolute Gasteiger partial charge is 0.255 e. The van der Waals surface area contributed by atoms with Gasteiger partial charge < -0.3 is 5.32 Å². The van der Waals surface area contributed by atoms with Crippen LogP contribution in [0.5, 0.6) is 0 Å². The second-order valence-corrected chi connectivity index (χ2v) is 7.63. The standard InChI is InChI=1S/C22H17ClN4OS/c1-15-5-6-16(21(28)26-18-4-2-3-17(23)14-18)13-20(15)27(22-25-11-12-29-22)19-7-9-24-10-8-19/h2-14H,1H3,(H,26,28). The van der Waals surface area contributed by atoms with Gasteiger partial charge in [0.1, 0.15) is 0 Å². The van der Waals surface area contributed by atoms with Crippen LogP contribution < -0.4 is 10.2 Å². The van der Waals surface area contributed by atoms with Crippen LogP contribution in [0.15, 0.2) is 78.6 Å². The van der Waals surface area contributed by atoms with E-state index in [-0.39, 0.29) is 5.91 Å². The average molecular weight is 421 g/mol. The highest BCUT2D eigenvalue weighted by Gasteiger charge is 2.18. The van der Waals surface area contributed by atoms with E-state index >= 15 is 0 Å². The Hall–Kier alpha value is -3.22. The largest absolute Gasteiger partial charge is 0.322 e. The third kappa shape index (κ3) is 4.29. The number of thiazole rings is 1. The fourth-order valence-electron chi connectivity index (χ4n) is 2.93. The summed E-state index contributed by atoms with van der Waals surface area (Å²) < 4.78 is 0. The first-order valence-corrected chi connectivity index (χ1v) is 10.1. The Morgan fingerprint density at radius 1 is 1.07 bits per heavy atom. The van der Waals surface area contributed by atoms with E-state index in [0.717, 1.165) is 22.1 Å². The van der Waals surface area contributed by atoms with Crippen molar-refractivity contribution < 1.29 is 4.79 Å². The molecule has 7 heteroatoms. The number of anilines is 4. The van der Waals surface area contributed by atoms with E-state index in [0.29, 0.717) is 16.3 Å². The van der Waals surface area contributed by atoms with E-state index in [2.05, 4.69) is 15.3 Å². The number of amides is 1. The van der Waals surface area contributed by atoms with Crippen LogP contribution >= 0.6 is 22.9 Å². The number of carbonyl (C=O) groups is 1. The van der Waals surface area contributed by atoms with Gasteiger partial charge >= 0.3 is 0 Å². The molecule has 0 unspecified atom stereocenters. The number of aromatic nitrogens is 2.